The van der Waals surface area contributed by atoms with E-state index in [0.29, 0.717) is 36.7 Å². The number of phenolic OH excluding ortho intramolecular Hbond substituents is 1. The quantitative estimate of drug-likeness (QED) is 0.857. The van der Waals surface area contributed by atoms with Crippen LogP contribution >= 0.6 is 0 Å². The van der Waals surface area contributed by atoms with Crippen LogP contribution in [-0.4, -0.2) is 55.9 Å². The molecule has 1 saturated heterocycles. The topological polar surface area (TPSA) is 54.0 Å². The van der Waals surface area contributed by atoms with Gasteiger partial charge in [0.25, 0.3) is 0 Å². The molecular weight excluding hydrogens is 263 g/mol. The van der Waals surface area contributed by atoms with Gasteiger partial charge in [0, 0.05) is 44.4 Å². The van der Waals surface area contributed by atoms with Gasteiger partial charge < -0.3 is 24.8 Å². The fourth-order valence-corrected chi connectivity index (χ4v) is 2.64. The van der Waals surface area contributed by atoms with Gasteiger partial charge in [0.15, 0.2) is 23.1 Å². The molecule has 2 N–H and O–H groups in total. The second-order valence-corrected chi connectivity index (χ2v) is 5.05. The van der Waals surface area contributed by atoms with E-state index >= 15 is 0 Å². The summed E-state index contributed by atoms with van der Waals surface area (Å²) in [6.45, 7) is 5.42. The zero-order valence-corrected chi connectivity index (χ0v) is 11.3. The van der Waals surface area contributed by atoms with Gasteiger partial charge in [-0.1, -0.05) is 0 Å². The molecule has 2 aliphatic heterocycles. The lowest BCUT2D eigenvalue weighted by Crippen LogP contribution is -2.44. The summed E-state index contributed by atoms with van der Waals surface area (Å²) < 4.78 is 25.1. The maximum atomic E-state index is 14.1. The van der Waals surface area contributed by atoms with Crippen LogP contribution in [0.3, 0.4) is 0 Å². The van der Waals surface area contributed by atoms with Crippen LogP contribution in [0, 0.1) is 5.82 Å². The molecular formula is C14H19FN2O3. The molecule has 5 nitrogen and oxygen atoms in total. The highest BCUT2D eigenvalue weighted by Gasteiger charge is 2.23. The minimum atomic E-state index is -0.593. The maximum absolute atomic E-state index is 14.1. The molecule has 0 bridgehead atoms. The average Bonchev–Trinajstić information content (AvgIpc) is 2.49. The van der Waals surface area contributed by atoms with Crippen molar-refractivity contribution >= 4 is 0 Å². The standard InChI is InChI=1S/C14H19FN2O3/c15-13-10(1-4-17-5-2-16-3-6-17)14-12(9-11(13)18)19-7-8-20-14/h9,16,18H,1-8H2. The summed E-state index contributed by atoms with van der Waals surface area (Å²) in [7, 11) is 0. The number of hydrogen-bond acceptors (Lipinski definition) is 5. The van der Waals surface area contributed by atoms with E-state index in [9.17, 15) is 9.50 Å². The van der Waals surface area contributed by atoms with Crippen molar-refractivity contribution in [1.82, 2.24) is 10.2 Å². The van der Waals surface area contributed by atoms with Crippen molar-refractivity contribution in [2.75, 3.05) is 45.9 Å². The molecule has 0 amide bonds. The molecule has 3 rings (SSSR count). The van der Waals surface area contributed by atoms with E-state index in [1.807, 2.05) is 0 Å². The van der Waals surface area contributed by atoms with Gasteiger partial charge in [-0.2, -0.15) is 0 Å². The van der Waals surface area contributed by atoms with E-state index in [2.05, 4.69) is 10.2 Å². The van der Waals surface area contributed by atoms with Crippen LogP contribution < -0.4 is 14.8 Å². The third kappa shape index (κ3) is 2.66. The number of ether oxygens (including phenoxy) is 2. The third-order valence-electron chi connectivity index (χ3n) is 3.73. The Bertz CT molecular complexity index is 490. The highest BCUT2D eigenvalue weighted by Crippen LogP contribution is 2.40. The number of phenols is 1. The number of aromatic hydroxyl groups is 1. The summed E-state index contributed by atoms with van der Waals surface area (Å²) in [4.78, 5) is 2.27. The number of fused-ring (bicyclic) bond motifs is 1. The minimum absolute atomic E-state index is 0.371. The van der Waals surface area contributed by atoms with Crippen LogP contribution in [0.5, 0.6) is 17.2 Å². The van der Waals surface area contributed by atoms with Gasteiger partial charge in [0.05, 0.1) is 0 Å². The molecule has 0 aromatic heterocycles. The predicted molar refractivity (Wildman–Crippen MR) is 72.1 cm³/mol. The first-order chi connectivity index (χ1) is 9.75. The Labute approximate surface area is 117 Å². The van der Waals surface area contributed by atoms with E-state index in [4.69, 9.17) is 9.47 Å². The van der Waals surface area contributed by atoms with Gasteiger partial charge in [0.1, 0.15) is 13.2 Å². The van der Waals surface area contributed by atoms with E-state index < -0.39 is 5.82 Å². The molecule has 0 saturated carbocycles. The van der Waals surface area contributed by atoms with Gasteiger partial charge in [-0.25, -0.2) is 4.39 Å². The third-order valence-corrected chi connectivity index (χ3v) is 3.73. The first kappa shape index (κ1) is 13.5. The second kappa shape index (κ2) is 5.85. The van der Waals surface area contributed by atoms with Crippen LogP contribution in [0.2, 0.25) is 0 Å². The number of nitrogens with zero attached hydrogens (tertiary/aromatic N) is 1. The summed E-state index contributed by atoms with van der Waals surface area (Å²) in [5.41, 5.74) is 0.415. The monoisotopic (exact) mass is 282 g/mol. The maximum Gasteiger partial charge on any atom is 0.172 e. The Morgan fingerprint density at radius 3 is 2.80 bits per heavy atom. The number of benzene rings is 1. The van der Waals surface area contributed by atoms with Crippen LogP contribution in [0.4, 0.5) is 4.39 Å². The van der Waals surface area contributed by atoms with Crippen molar-refractivity contribution in [2.45, 2.75) is 6.42 Å². The lowest BCUT2D eigenvalue weighted by atomic mass is 10.1. The molecule has 0 unspecified atom stereocenters. The molecule has 2 aliphatic rings. The minimum Gasteiger partial charge on any atom is -0.505 e. The van der Waals surface area contributed by atoms with Gasteiger partial charge in [-0.05, 0) is 6.42 Å². The normalized spacial score (nSPS) is 19.1. The summed E-state index contributed by atoms with van der Waals surface area (Å²) in [5.74, 6) is -0.0823. The highest BCUT2D eigenvalue weighted by molar-refractivity contribution is 5.53. The van der Waals surface area contributed by atoms with E-state index in [0.717, 1.165) is 32.7 Å². The Kier molecular flexibility index (Phi) is 3.93. The number of piperazine rings is 1. The number of nitrogens with one attached hydrogen (secondary N) is 1. The molecule has 1 aromatic carbocycles. The highest BCUT2D eigenvalue weighted by atomic mass is 19.1. The lowest BCUT2D eigenvalue weighted by molar-refractivity contribution is 0.166. The van der Waals surface area contributed by atoms with Crippen LogP contribution in [-0.2, 0) is 6.42 Å². The van der Waals surface area contributed by atoms with Crippen LogP contribution in [0.15, 0.2) is 6.07 Å². The van der Waals surface area contributed by atoms with Gasteiger partial charge in [0.2, 0.25) is 0 Å². The summed E-state index contributed by atoms with van der Waals surface area (Å²) >= 11 is 0. The summed E-state index contributed by atoms with van der Waals surface area (Å²) in [6, 6.07) is 1.29. The fourth-order valence-electron chi connectivity index (χ4n) is 2.64. The second-order valence-electron chi connectivity index (χ2n) is 5.05. The molecule has 2 heterocycles. The van der Waals surface area contributed by atoms with Crippen molar-refractivity contribution in [3.8, 4) is 17.2 Å². The fraction of sp³-hybridized carbons (Fsp3) is 0.571. The zero-order valence-electron chi connectivity index (χ0n) is 11.3. The molecule has 0 aliphatic carbocycles. The van der Waals surface area contributed by atoms with Gasteiger partial charge >= 0.3 is 0 Å². The van der Waals surface area contributed by atoms with Gasteiger partial charge in [-0.15, -0.1) is 0 Å². The lowest BCUT2D eigenvalue weighted by Gasteiger charge is -2.28. The van der Waals surface area contributed by atoms with Crippen LogP contribution in [0.25, 0.3) is 0 Å². The number of rotatable bonds is 3. The Morgan fingerprint density at radius 2 is 2.00 bits per heavy atom. The Hall–Kier alpha value is -1.53. The molecule has 110 valence electrons. The van der Waals surface area contributed by atoms with E-state index in [1.165, 1.54) is 6.07 Å². The Balaban J connectivity index is 1.78. The first-order valence-corrected chi connectivity index (χ1v) is 6.98. The van der Waals surface area contributed by atoms with Crippen LogP contribution in [0.1, 0.15) is 5.56 Å². The van der Waals surface area contributed by atoms with Crippen molar-refractivity contribution in [3.63, 3.8) is 0 Å². The Morgan fingerprint density at radius 1 is 1.25 bits per heavy atom. The molecule has 1 aromatic rings. The smallest absolute Gasteiger partial charge is 0.172 e. The van der Waals surface area contributed by atoms with Gasteiger partial charge in [-0.3, -0.25) is 0 Å². The zero-order chi connectivity index (χ0) is 13.9. The average molecular weight is 282 g/mol. The molecule has 20 heavy (non-hydrogen) atoms. The van der Waals surface area contributed by atoms with Crippen molar-refractivity contribution in [1.29, 1.82) is 0 Å². The SMILES string of the molecule is Oc1cc2c(c(CCN3CCNCC3)c1F)OCCO2. The predicted octanol–water partition coefficient (Wildman–Crippen LogP) is 0.750. The largest absolute Gasteiger partial charge is 0.505 e. The van der Waals surface area contributed by atoms with E-state index in [-0.39, 0.29) is 5.75 Å². The summed E-state index contributed by atoms with van der Waals surface area (Å²) in [6.07, 6.45) is 0.506. The first-order valence-electron chi connectivity index (χ1n) is 6.98. The molecule has 0 spiro atoms. The number of halogens is 1. The summed E-state index contributed by atoms with van der Waals surface area (Å²) in [5, 5.41) is 12.9. The molecule has 6 heteroatoms. The molecule has 0 atom stereocenters. The van der Waals surface area contributed by atoms with E-state index in [1.54, 1.807) is 0 Å². The van der Waals surface area contributed by atoms with Crippen molar-refractivity contribution in [2.24, 2.45) is 0 Å². The van der Waals surface area contributed by atoms with Crippen molar-refractivity contribution in [3.05, 3.63) is 17.4 Å². The number of hydrogen-bond donors (Lipinski definition) is 2. The van der Waals surface area contributed by atoms with Crippen molar-refractivity contribution < 1.29 is 19.0 Å². The molecule has 1 fully saturated rings. The molecule has 0 radical (unpaired) electrons.